The van der Waals surface area contributed by atoms with Crippen molar-refractivity contribution in [3.63, 3.8) is 0 Å². The molecule has 0 aliphatic rings. The molecule has 28 heavy (non-hydrogen) atoms. The van der Waals surface area contributed by atoms with Crippen LogP contribution < -0.4 is 16.0 Å². The minimum absolute atomic E-state index is 0.235. The van der Waals surface area contributed by atoms with Gasteiger partial charge >= 0.3 is 11.3 Å². The number of fused-ring (bicyclic) bond motifs is 2. The molecule has 4 rings (SSSR count). The molecule has 1 N–H and O–H groups in total. The zero-order chi connectivity index (χ0) is 20.5. The molecule has 0 saturated heterocycles. The number of para-hydroxylation sites is 2. The Morgan fingerprint density at radius 3 is 2.00 bits per heavy atom. The Labute approximate surface area is 159 Å². The summed E-state index contributed by atoms with van der Waals surface area (Å²) in [5.41, 5.74) is 0.471. The number of methoxy groups -OCH3 is 1. The fourth-order valence-electron chi connectivity index (χ4n) is 2.20. The van der Waals surface area contributed by atoms with Crippen molar-refractivity contribution in [2.45, 2.75) is 6.92 Å². The summed E-state index contributed by atoms with van der Waals surface area (Å²) >= 11 is 0. The molecule has 0 saturated carbocycles. The van der Waals surface area contributed by atoms with Gasteiger partial charge in [-0.3, -0.25) is 4.79 Å². The van der Waals surface area contributed by atoms with Crippen molar-refractivity contribution in [2.24, 2.45) is 0 Å². The molecule has 2 heterocycles. The largest absolute Gasteiger partial charge is 0.490 e. The summed E-state index contributed by atoms with van der Waals surface area (Å²) in [6.45, 7) is 1.08. The number of rotatable bonds is 1. The molecular weight excluding hydrogens is 364 g/mol. The molecule has 144 valence electrons. The molecule has 0 amide bonds. The number of carboxylic acid groups (broad SMARTS) is 1. The van der Waals surface area contributed by atoms with Gasteiger partial charge in [-0.05, 0) is 24.3 Å². The summed E-state index contributed by atoms with van der Waals surface area (Å²) in [5.74, 6) is -0.598. The van der Waals surface area contributed by atoms with E-state index in [1.807, 2.05) is 36.4 Å². The molecule has 0 bridgehead atoms. The van der Waals surface area contributed by atoms with E-state index in [0.717, 1.165) is 17.7 Å². The lowest BCUT2D eigenvalue weighted by Gasteiger charge is -1.99. The standard InChI is InChI=1S/C10H8O3.C9H6O2.C2H4O2/c1-12-9-6-7-4-2-3-5-8(7)13-10(9)11;10-9-6-5-7-3-1-2-4-8(7)11-9;1-2(3)4/h2-6H,1H3;1-6H;1H3,(H,3,4). The van der Waals surface area contributed by atoms with Crippen molar-refractivity contribution < 1.29 is 23.5 Å². The van der Waals surface area contributed by atoms with Gasteiger partial charge in [0.15, 0.2) is 0 Å². The Kier molecular flexibility index (Phi) is 7.10. The predicted molar refractivity (Wildman–Crippen MR) is 105 cm³/mol. The quantitative estimate of drug-likeness (QED) is 0.500. The van der Waals surface area contributed by atoms with Crippen LogP contribution in [0.25, 0.3) is 21.9 Å². The molecule has 0 aliphatic carbocycles. The highest BCUT2D eigenvalue weighted by molar-refractivity contribution is 5.77. The van der Waals surface area contributed by atoms with Crippen molar-refractivity contribution in [3.8, 4) is 5.75 Å². The van der Waals surface area contributed by atoms with Crippen LogP contribution in [0.3, 0.4) is 0 Å². The third-order valence-electron chi connectivity index (χ3n) is 3.36. The predicted octanol–water partition coefficient (Wildman–Crippen LogP) is 3.69. The summed E-state index contributed by atoms with van der Waals surface area (Å²) in [4.78, 5) is 30.9. The van der Waals surface area contributed by atoms with Crippen molar-refractivity contribution in [2.75, 3.05) is 7.11 Å². The van der Waals surface area contributed by atoms with E-state index in [2.05, 4.69) is 0 Å². The molecule has 0 radical (unpaired) electrons. The van der Waals surface area contributed by atoms with Crippen LogP contribution in [0.4, 0.5) is 0 Å². The van der Waals surface area contributed by atoms with Gasteiger partial charge in [0.1, 0.15) is 11.2 Å². The van der Waals surface area contributed by atoms with Gasteiger partial charge in [-0.25, -0.2) is 9.59 Å². The maximum atomic E-state index is 11.2. The van der Waals surface area contributed by atoms with Crippen LogP contribution in [0.1, 0.15) is 6.92 Å². The van der Waals surface area contributed by atoms with Gasteiger partial charge < -0.3 is 18.7 Å². The Hall–Kier alpha value is -3.87. The first-order valence-corrected chi connectivity index (χ1v) is 8.16. The van der Waals surface area contributed by atoms with Crippen LogP contribution in [0, 0.1) is 0 Å². The SMILES string of the molecule is CC(=O)O.COc1cc2ccccc2oc1=O.O=c1ccc2ccccc2o1. The van der Waals surface area contributed by atoms with Crippen molar-refractivity contribution >= 4 is 27.9 Å². The van der Waals surface area contributed by atoms with Gasteiger partial charge in [0.2, 0.25) is 5.75 Å². The van der Waals surface area contributed by atoms with Crippen LogP contribution in [-0.2, 0) is 4.79 Å². The third-order valence-corrected chi connectivity index (χ3v) is 3.36. The smallest absolute Gasteiger partial charge is 0.379 e. The number of carbonyl (C=O) groups is 1. The first kappa shape index (κ1) is 20.4. The molecule has 0 aliphatic heterocycles. The first-order valence-electron chi connectivity index (χ1n) is 8.16. The van der Waals surface area contributed by atoms with Gasteiger partial charge in [0, 0.05) is 23.8 Å². The second-order valence-electron chi connectivity index (χ2n) is 5.45. The molecule has 0 unspecified atom stereocenters. The first-order chi connectivity index (χ1) is 13.4. The molecule has 0 fully saturated rings. The van der Waals surface area contributed by atoms with E-state index in [0.29, 0.717) is 11.2 Å². The van der Waals surface area contributed by atoms with Crippen LogP contribution in [0.2, 0.25) is 0 Å². The number of carboxylic acids is 1. The fourth-order valence-corrected chi connectivity index (χ4v) is 2.20. The maximum absolute atomic E-state index is 11.2. The number of benzene rings is 2. The molecule has 0 spiro atoms. The summed E-state index contributed by atoms with van der Waals surface area (Å²) < 4.78 is 14.8. The number of ether oxygens (including phenoxy) is 1. The molecule has 2 aromatic carbocycles. The van der Waals surface area contributed by atoms with Crippen molar-refractivity contribution in [3.05, 3.63) is 87.6 Å². The van der Waals surface area contributed by atoms with Gasteiger partial charge in [-0.15, -0.1) is 0 Å². The Bertz CT molecular complexity index is 1180. The fraction of sp³-hybridized carbons (Fsp3) is 0.0952. The summed E-state index contributed by atoms with van der Waals surface area (Å²) in [5, 5.41) is 9.23. The Morgan fingerprint density at radius 1 is 0.857 bits per heavy atom. The lowest BCUT2D eigenvalue weighted by atomic mass is 10.2. The van der Waals surface area contributed by atoms with E-state index in [4.69, 9.17) is 23.5 Å². The number of aliphatic carboxylic acids is 1. The highest BCUT2D eigenvalue weighted by atomic mass is 16.5. The van der Waals surface area contributed by atoms with E-state index >= 15 is 0 Å². The molecule has 2 aromatic heterocycles. The highest BCUT2D eigenvalue weighted by Gasteiger charge is 2.03. The van der Waals surface area contributed by atoms with E-state index < -0.39 is 11.6 Å². The second kappa shape index (κ2) is 9.72. The van der Waals surface area contributed by atoms with Gasteiger partial charge in [-0.1, -0.05) is 36.4 Å². The highest BCUT2D eigenvalue weighted by Crippen LogP contribution is 2.15. The monoisotopic (exact) mass is 382 g/mol. The van der Waals surface area contributed by atoms with Crippen molar-refractivity contribution in [1.29, 1.82) is 0 Å². The van der Waals surface area contributed by atoms with Crippen LogP contribution >= 0.6 is 0 Å². The normalized spacial score (nSPS) is 9.64. The maximum Gasteiger partial charge on any atom is 0.379 e. The molecule has 7 heteroatoms. The lowest BCUT2D eigenvalue weighted by molar-refractivity contribution is -0.134. The minimum Gasteiger partial charge on any atom is -0.490 e. The molecule has 0 atom stereocenters. The van der Waals surface area contributed by atoms with E-state index in [1.54, 1.807) is 24.3 Å². The van der Waals surface area contributed by atoms with Crippen LogP contribution in [-0.4, -0.2) is 18.2 Å². The van der Waals surface area contributed by atoms with E-state index in [1.165, 1.54) is 13.2 Å². The zero-order valence-electron chi connectivity index (χ0n) is 15.2. The van der Waals surface area contributed by atoms with Gasteiger partial charge in [-0.2, -0.15) is 0 Å². The van der Waals surface area contributed by atoms with Crippen LogP contribution in [0.15, 0.2) is 85.2 Å². The molecule has 7 nitrogen and oxygen atoms in total. The third kappa shape index (κ3) is 5.84. The molecule has 4 aromatic rings. The van der Waals surface area contributed by atoms with Crippen molar-refractivity contribution in [1.82, 2.24) is 0 Å². The summed E-state index contributed by atoms with van der Waals surface area (Å²) in [6, 6.07) is 19.6. The second-order valence-corrected chi connectivity index (χ2v) is 5.45. The van der Waals surface area contributed by atoms with E-state index in [9.17, 15) is 9.59 Å². The number of hydrogen-bond donors (Lipinski definition) is 1. The number of hydrogen-bond acceptors (Lipinski definition) is 6. The minimum atomic E-state index is -0.833. The van der Waals surface area contributed by atoms with E-state index in [-0.39, 0.29) is 11.4 Å². The topological polar surface area (TPSA) is 107 Å². The Balaban J connectivity index is 0.000000171. The average Bonchev–Trinajstić information content (AvgIpc) is 2.67. The zero-order valence-corrected chi connectivity index (χ0v) is 15.2. The summed E-state index contributed by atoms with van der Waals surface area (Å²) in [6.07, 6.45) is 0. The Morgan fingerprint density at radius 2 is 1.39 bits per heavy atom. The van der Waals surface area contributed by atoms with Gasteiger partial charge in [0.25, 0.3) is 5.97 Å². The lowest BCUT2D eigenvalue weighted by Crippen LogP contribution is -2.02. The molecular formula is C21H18O7. The van der Waals surface area contributed by atoms with Crippen LogP contribution in [0.5, 0.6) is 5.75 Å². The summed E-state index contributed by atoms with van der Waals surface area (Å²) in [7, 11) is 1.45. The van der Waals surface area contributed by atoms with Gasteiger partial charge in [0.05, 0.1) is 7.11 Å². The average molecular weight is 382 g/mol.